The molecule has 0 aromatic heterocycles. The normalized spacial score (nSPS) is 13.8. The van der Waals surface area contributed by atoms with E-state index in [9.17, 15) is 0 Å². The van der Waals surface area contributed by atoms with E-state index in [1.165, 1.54) is 19.3 Å². The summed E-state index contributed by atoms with van der Waals surface area (Å²) in [6, 6.07) is 1.42. The molecule has 0 aromatic rings. The Hall–Kier alpha value is -0.120. The molecule has 28 heavy (non-hydrogen) atoms. The molecule has 0 amide bonds. The van der Waals surface area contributed by atoms with Crippen LogP contribution in [0.3, 0.4) is 0 Å². The van der Waals surface area contributed by atoms with E-state index in [-0.39, 0.29) is 35.2 Å². The molecule has 3 nitrogen and oxygen atoms in total. The van der Waals surface area contributed by atoms with Crippen LogP contribution in [0, 0.1) is 0 Å². The number of nitrogens with zero attached hydrogens (tertiary/aromatic N) is 1. The van der Waals surface area contributed by atoms with E-state index < -0.39 is 0 Å². The molecule has 1 aliphatic carbocycles. The first-order valence-corrected chi connectivity index (χ1v) is 9.67. The van der Waals surface area contributed by atoms with Gasteiger partial charge in [-0.2, -0.15) is 0 Å². The second kappa shape index (κ2) is 17.7. The fraction of sp³-hybridized carbons (Fsp3) is 1.00. The lowest BCUT2D eigenvalue weighted by molar-refractivity contribution is 0.219. The van der Waals surface area contributed by atoms with Crippen LogP contribution in [0.25, 0.3) is 0 Å². The first-order chi connectivity index (χ1) is 10.4. The van der Waals surface area contributed by atoms with Crippen molar-refractivity contribution < 1.29 is 0 Å². The summed E-state index contributed by atoms with van der Waals surface area (Å²) in [5, 5.41) is 6.94. The fourth-order valence-electron chi connectivity index (χ4n) is 2.03. The van der Waals surface area contributed by atoms with E-state index in [1.807, 2.05) is 0 Å². The third-order valence-corrected chi connectivity index (χ3v) is 3.81. The van der Waals surface area contributed by atoms with E-state index in [1.54, 1.807) is 0 Å². The van der Waals surface area contributed by atoms with Crippen LogP contribution in [0.4, 0.5) is 0 Å². The second-order valence-electron chi connectivity index (χ2n) is 10.6. The summed E-state index contributed by atoms with van der Waals surface area (Å²) in [5.74, 6) is 0. The quantitative estimate of drug-likeness (QED) is 0.493. The maximum Gasteiger partial charge on any atom is 0.0118 e. The average Bonchev–Trinajstić information content (AvgIpc) is 2.19. The Morgan fingerprint density at radius 1 is 0.714 bits per heavy atom. The van der Waals surface area contributed by atoms with Crippen LogP contribution in [-0.4, -0.2) is 47.7 Å². The molecule has 0 aromatic carbocycles. The summed E-state index contributed by atoms with van der Waals surface area (Å²) in [5.41, 5.74) is 0.930. The van der Waals surface area contributed by atoms with Gasteiger partial charge in [-0.1, -0.05) is 50.0 Å². The van der Waals surface area contributed by atoms with Crippen molar-refractivity contribution >= 4 is 0 Å². The Bertz CT molecular complexity index is 297. The van der Waals surface area contributed by atoms with Gasteiger partial charge in [0.25, 0.3) is 0 Å². The molecular weight excluding hydrogens is 342 g/mol. The summed E-state index contributed by atoms with van der Waals surface area (Å²) in [4.78, 5) is 2.19. The highest BCUT2D eigenvalue weighted by Gasteiger charge is 2.21. The number of rotatable bonds is 2. The van der Waals surface area contributed by atoms with Crippen LogP contribution in [-0.2, 0) is 0 Å². The van der Waals surface area contributed by atoms with Gasteiger partial charge in [-0.3, -0.25) is 0 Å². The molecule has 0 saturated heterocycles. The minimum Gasteiger partial charge on any atom is -0.310 e. The Labute approximate surface area is 183 Å². The first-order valence-electron chi connectivity index (χ1n) is 9.67. The van der Waals surface area contributed by atoms with Crippen LogP contribution in [0.15, 0.2) is 0 Å². The van der Waals surface area contributed by atoms with Crippen LogP contribution < -0.4 is 10.6 Å². The highest BCUT2D eigenvalue weighted by Crippen LogP contribution is 2.20. The first kappa shape index (κ1) is 42.1. The molecule has 1 saturated carbocycles. The molecule has 3 heteroatoms. The minimum absolute atomic E-state index is 0. The molecule has 0 spiro atoms. The van der Waals surface area contributed by atoms with Gasteiger partial charge in [0, 0.05) is 28.7 Å². The second-order valence-corrected chi connectivity index (χ2v) is 10.6. The molecule has 2 N–H and O–H groups in total. The number of hydrogen-bond donors (Lipinski definition) is 2. The monoisotopic (exact) mass is 408 g/mol. The standard InChI is InChI=1S/C8H17N.C7H17N.C6H15N.4CH4/c1-8(2,3)9-7-5-4-6-7;1-6(2)8-7(3,4)5;1-6(2,3)7(4)5;;;;/h7,9H,4-6H2,1-3H3;6,8H,1-5H3;1-5H3;4*1H4. The summed E-state index contributed by atoms with van der Waals surface area (Å²) in [6.07, 6.45) is 4.20. The van der Waals surface area contributed by atoms with Crippen LogP contribution in [0.2, 0.25) is 0 Å². The molecule has 0 heterocycles. The van der Waals surface area contributed by atoms with E-state index in [0.29, 0.717) is 17.1 Å². The Balaban J connectivity index is -0.0000000610. The molecule has 1 rings (SSSR count). The molecule has 1 aliphatic rings. The topological polar surface area (TPSA) is 27.3 Å². The smallest absolute Gasteiger partial charge is 0.0118 e. The zero-order valence-corrected chi connectivity index (χ0v) is 19.2. The lowest BCUT2D eigenvalue weighted by Crippen LogP contribution is -2.46. The molecule has 0 aliphatic heterocycles. The van der Waals surface area contributed by atoms with Gasteiger partial charge in [0.05, 0.1) is 0 Å². The fourth-order valence-corrected chi connectivity index (χ4v) is 2.03. The Morgan fingerprint density at radius 3 is 1.07 bits per heavy atom. The average molecular weight is 408 g/mol. The maximum atomic E-state index is 3.56. The highest BCUT2D eigenvalue weighted by atomic mass is 15.1. The molecule has 0 bridgehead atoms. The van der Waals surface area contributed by atoms with Gasteiger partial charge in [-0.25, -0.2) is 0 Å². The van der Waals surface area contributed by atoms with Gasteiger partial charge in [0.1, 0.15) is 0 Å². The van der Waals surface area contributed by atoms with Gasteiger partial charge in [-0.05, 0) is 89.3 Å². The summed E-state index contributed by atoms with van der Waals surface area (Å²) in [7, 11) is 4.17. The summed E-state index contributed by atoms with van der Waals surface area (Å²) in [6.45, 7) is 24.1. The Kier molecular flexibility index (Phi) is 26.6. The molecular formula is C25H65N3. The molecule has 1 fully saturated rings. The Morgan fingerprint density at radius 2 is 1.04 bits per heavy atom. The van der Waals surface area contributed by atoms with E-state index >= 15 is 0 Å². The van der Waals surface area contributed by atoms with Crippen molar-refractivity contribution in [3.63, 3.8) is 0 Å². The zero-order chi connectivity index (χ0) is 19.8. The predicted molar refractivity (Wildman–Crippen MR) is 139 cm³/mol. The maximum absolute atomic E-state index is 3.56. The van der Waals surface area contributed by atoms with Crippen LogP contribution >= 0.6 is 0 Å². The van der Waals surface area contributed by atoms with E-state index in [2.05, 4.69) is 106 Å². The molecule has 0 unspecified atom stereocenters. The number of hydrogen-bond acceptors (Lipinski definition) is 3. The van der Waals surface area contributed by atoms with Crippen molar-refractivity contribution in [2.45, 2.75) is 154 Å². The summed E-state index contributed by atoms with van der Waals surface area (Å²) < 4.78 is 0. The SMILES string of the molecule is C.C.C.C.CC(C)(C)NC1CCC1.CC(C)NC(C)(C)C.CN(C)C(C)(C)C. The molecule has 0 atom stereocenters. The number of nitrogens with one attached hydrogen (secondary N) is 2. The van der Waals surface area contributed by atoms with Gasteiger partial charge in [0.2, 0.25) is 0 Å². The van der Waals surface area contributed by atoms with Crippen LogP contribution in [0.5, 0.6) is 0 Å². The van der Waals surface area contributed by atoms with Crippen molar-refractivity contribution in [3.8, 4) is 0 Å². The van der Waals surface area contributed by atoms with Gasteiger partial charge in [0.15, 0.2) is 0 Å². The van der Waals surface area contributed by atoms with Crippen molar-refractivity contribution in [3.05, 3.63) is 0 Å². The van der Waals surface area contributed by atoms with Gasteiger partial charge < -0.3 is 15.5 Å². The molecule has 0 radical (unpaired) electrons. The van der Waals surface area contributed by atoms with Crippen molar-refractivity contribution in [2.75, 3.05) is 14.1 Å². The van der Waals surface area contributed by atoms with E-state index in [0.717, 1.165) is 6.04 Å². The van der Waals surface area contributed by atoms with Crippen LogP contribution in [0.1, 0.15) is 125 Å². The lowest BCUT2D eigenvalue weighted by atomic mass is 9.91. The van der Waals surface area contributed by atoms with Crippen molar-refractivity contribution in [1.82, 2.24) is 15.5 Å². The third kappa shape index (κ3) is 33.5. The van der Waals surface area contributed by atoms with Crippen molar-refractivity contribution in [1.29, 1.82) is 0 Å². The van der Waals surface area contributed by atoms with Gasteiger partial charge >= 0.3 is 0 Å². The summed E-state index contributed by atoms with van der Waals surface area (Å²) >= 11 is 0. The third-order valence-electron chi connectivity index (χ3n) is 3.81. The highest BCUT2D eigenvalue weighted by molar-refractivity contribution is 4.83. The van der Waals surface area contributed by atoms with Gasteiger partial charge in [-0.15, -0.1) is 0 Å². The zero-order valence-electron chi connectivity index (χ0n) is 19.2. The predicted octanol–water partition coefficient (Wildman–Crippen LogP) is 7.60. The molecule has 180 valence electrons. The minimum atomic E-state index is 0. The van der Waals surface area contributed by atoms with E-state index in [4.69, 9.17) is 0 Å². The largest absolute Gasteiger partial charge is 0.310 e. The lowest BCUT2D eigenvalue weighted by Gasteiger charge is -2.34. The van der Waals surface area contributed by atoms with Crippen molar-refractivity contribution in [2.24, 2.45) is 0 Å².